The number of nitrogens with one attached hydrogen (secondary N) is 2. The normalized spacial score (nSPS) is 16.3. The van der Waals surface area contributed by atoms with Gasteiger partial charge < -0.3 is 15.0 Å². The first kappa shape index (κ1) is 17.5. The zero-order valence-corrected chi connectivity index (χ0v) is 15.2. The minimum atomic E-state index is -0.723. The Morgan fingerprint density at radius 2 is 2.19 bits per heavy atom. The van der Waals surface area contributed by atoms with Crippen molar-refractivity contribution in [3.05, 3.63) is 35.5 Å². The third-order valence-corrected chi connectivity index (χ3v) is 4.58. The van der Waals surface area contributed by atoms with Crippen molar-refractivity contribution in [3.63, 3.8) is 0 Å². The summed E-state index contributed by atoms with van der Waals surface area (Å²) in [5.74, 6) is 0.534. The number of halogens is 1. The molecule has 2 fully saturated rings. The molecule has 2 N–H and O–H groups in total. The number of anilines is 3. The van der Waals surface area contributed by atoms with Crippen LogP contribution in [0.25, 0.3) is 0 Å². The molecule has 2 aliphatic rings. The molecule has 9 heteroatoms. The van der Waals surface area contributed by atoms with Crippen LogP contribution < -0.4 is 20.3 Å². The van der Waals surface area contributed by atoms with Gasteiger partial charge in [0.05, 0.1) is 6.20 Å². The van der Waals surface area contributed by atoms with Crippen molar-refractivity contribution < 1.29 is 14.3 Å². The summed E-state index contributed by atoms with van der Waals surface area (Å²) in [5, 5.41) is 6.15. The number of aromatic nitrogens is 2. The van der Waals surface area contributed by atoms with Crippen LogP contribution in [0, 0.1) is 0 Å². The number of carbonyl (C=O) groups is 2. The molecule has 1 aliphatic carbocycles. The Labute approximate surface area is 160 Å². The molecule has 0 atom stereocenters. The number of rotatable bonds is 5. The van der Waals surface area contributed by atoms with Gasteiger partial charge in [-0.3, -0.25) is 10.1 Å². The zero-order chi connectivity index (χ0) is 18.8. The van der Waals surface area contributed by atoms with Crippen LogP contribution in [0.5, 0.6) is 6.01 Å². The van der Waals surface area contributed by atoms with Gasteiger partial charge in [-0.2, -0.15) is 4.98 Å². The van der Waals surface area contributed by atoms with E-state index in [9.17, 15) is 9.59 Å². The molecule has 1 aromatic heterocycles. The summed E-state index contributed by atoms with van der Waals surface area (Å²) in [7, 11) is 0. The van der Waals surface area contributed by atoms with Crippen LogP contribution in [-0.2, 0) is 4.79 Å². The van der Waals surface area contributed by atoms with Crippen LogP contribution in [0.1, 0.15) is 25.7 Å². The Hall–Kier alpha value is -2.87. The molecule has 1 aromatic carbocycles. The number of carbonyl (C=O) groups excluding carboxylic acids is 2. The number of amides is 2. The van der Waals surface area contributed by atoms with Crippen molar-refractivity contribution in [1.82, 2.24) is 9.97 Å². The molecule has 4 rings (SSSR count). The fraction of sp³-hybridized carbons (Fsp3) is 0.333. The van der Waals surface area contributed by atoms with E-state index in [1.165, 1.54) is 6.20 Å². The van der Waals surface area contributed by atoms with E-state index in [-0.39, 0.29) is 11.9 Å². The molecule has 0 unspecified atom stereocenters. The number of hydrogen-bond acceptors (Lipinski definition) is 6. The second-order valence-corrected chi connectivity index (χ2v) is 6.89. The SMILES string of the molecule is O=C(Nc1cccc(N2CCCC2=O)c1)Oc1ncc(Cl)c(NC2CC2)n1. The van der Waals surface area contributed by atoms with Crippen molar-refractivity contribution >= 4 is 40.8 Å². The average molecular weight is 388 g/mol. The molecule has 0 radical (unpaired) electrons. The molecular weight excluding hydrogens is 370 g/mol. The lowest BCUT2D eigenvalue weighted by Crippen LogP contribution is -2.24. The van der Waals surface area contributed by atoms with E-state index in [1.807, 2.05) is 6.07 Å². The van der Waals surface area contributed by atoms with Crippen LogP contribution in [-0.4, -0.2) is 34.6 Å². The highest BCUT2D eigenvalue weighted by Crippen LogP contribution is 2.28. The van der Waals surface area contributed by atoms with E-state index < -0.39 is 6.09 Å². The Bertz CT molecular complexity index is 887. The lowest BCUT2D eigenvalue weighted by atomic mass is 10.2. The maximum absolute atomic E-state index is 12.2. The third kappa shape index (κ3) is 4.28. The van der Waals surface area contributed by atoms with E-state index in [0.29, 0.717) is 35.5 Å². The van der Waals surface area contributed by atoms with Crippen LogP contribution >= 0.6 is 11.6 Å². The third-order valence-electron chi connectivity index (χ3n) is 4.30. The van der Waals surface area contributed by atoms with Crippen molar-refractivity contribution in [3.8, 4) is 6.01 Å². The first-order chi connectivity index (χ1) is 13.1. The van der Waals surface area contributed by atoms with Gasteiger partial charge in [-0.15, -0.1) is 0 Å². The summed E-state index contributed by atoms with van der Waals surface area (Å²) in [6, 6.07) is 7.31. The van der Waals surface area contributed by atoms with E-state index in [4.69, 9.17) is 16.3 Å². The predicted molar refractivity (Wildman–Crippen MR) is 101 cm³/mol. The average Bonchev–Trinajstić information content (AvgIpc) is 3.36. The van der Waals surface area contributed by atoms with Crippen LogP contribution in [0.3, 0.4) is 0 Å². The van der Waals surface area contributed by atoms with Crippen LogP contribution in [0.2, 0.25) is 5.02 Å². The molecule has 2 aromatic rings. The van der Waals surface area contributed by atoms with Gasteiger partial charge in [0.25, 0.3) is 0 Å². The standard InChI is InChI=1S/C18H18ClN5O3/c19-14-10-20-17(23-16(14)21-11-6-7-11)27-18(26)22-12-3-1-4-13(9-12)24-8-2-5-15(24)25/h1,3-4,9-11H,2,5-8H2,(H,22,26)(H,20,21,23). The molecule has 2 amide bonds. The smallest absolute Gasteiger partial charge is 0.374 e. The second-order valence-electron chi connectivity index (χ2n) is 6.48. The highest BCUT2D eigenvalue weighted by molar-refractivity contribution is 6.32. The first-order valence-corrected chi connectivity index (χ1v) is 9.14. The van der Waals surface area contributed by atoms with Gasteiger partial charge in [0.1, 0.15) is 5.02 Å². The van der Waals surface area contributed by atoms with Crippen molar-refractivity contribution in [2.75, 3.05) is 22.1 Å². The summed E-state index contributed by atoms with van der Waals surface area (Å²) in [6.07, 6.45) is 4.18. The molecule has 140 valence electrons. The van der Waals surface area contributed by atoms with Gasteiger partial charge in [0.2, 0.25) is 5.91 Å². The van der Waals surface area contributed by atoms with Crippen LogP contribution in [0.4, 0.5) is 22.0 Å². The summed E-state index contributed by atoms with van der Waals surface area (Å²) in [6.45, 7) is 0.683. The Kier molecular flexibility index (Phi) is 4.81. The molecular formula is C18H18ClN5O3. The van der Waals surface area contributed by atoms with Crippen molar-refractivity contribution in [2.45, 2.75) is 31.7 Å². The summed E-state index contributed by atoms with van der Waals surface area (Å²) in [4.78, 5) is 33.8. The predicted octanol–water partition coefficient (Wildman–Crippen LogP) is 3.44. The second kappa shape index (κ2) is 7.40. The van der Waals surface area contributed by atoms with E-state index in [2.05, 4.69) is 20.6 Å². The lowest BCUT2D eigenvalue weighted by molar-refractivity contribution is -0.117. The number of nitrogens with zero attached hydrogens (tertiary/aromatic N) is 3. The van der Waals surface area contributed by atoms with E-state index in [1.54, 1.807) is 23.1 Å². The van der Waals surface area contributed by atoms with E-state index >= 15 is 0 Å². The van der Waals surface area contributed by atoms with Crippen LogP contribution in [0.15, 0.2) is 30.5 Å². The summed E-state index contributed by atoms with van der Waals surface area (Å²) in [5.41, 5.74) is 1.26. The number of hydrogen-bond donors (Lipinski definition) is 2. The summed E-state index contributed by atoms with van der Waals surface area (Å²) < 4.78 is 5.15. The molecule has 1 aliphatic heterocycles. The molecule has 1 saturated carbocycles. The fourth-order valence-corrected chi connectivity index (χ4v) is 2.97. The lowest BCUT2D eigenvalue weighted by Gasteiger charge is -2.16. The Balaban J connectivity index is 1.41. The maximum Gasteiger partial charge on any atom is 0.419 e. The Morgan fingerprint density at radius 3 is 2.93 bits per heavy atom. The topological polar surface area (TPSA) is 96.5 Å². The van der Waals surface area contributed by atoms with Gasteiger partial charge in [-0.1, -0.05) is 17.7 Å². The van der Waals surface area contributed by atoms with Crippen molar-refractivity contribution in [1.29, 1.82) is 0 Å². The fourth-order valence-electron chi connectivity index (χ4n) is 2.82. The van der Waals surface area contributed by atoms with Gasteiger partial charge >= 0.3 is 12.1 Å². The molecule has 0 bridgehead atoms. The largest absolute Gasteiger partial charge is 0.419 e. The molecule has 2 heterocycles. The maximum atomic E-state index is 12.2. The van der Waals surface area contributed by atoms with Gasteiger partial charge in [0, 0.05) is 30.4 Å². The first-order valence-electron chi connectivity index (χ1n) is 8.77. The minimum absolute atomic E-state index is 0.0833. The minimum Gasteiger partial charge on any atom is -0.374 e. The zero-order valence-electron chi connectivity index (χ0n) is 14.4. The van der Waals surface area contributed by atoms with E-state index in [0.717, 1.165) is 24.9 Å². The summed E-state index contributed by atoms with van der Waals surface area (Å²) >= 11 is 6.05. The molecule has 8 nitrogen and oxygen atoms in total. The highest BCUT2D eigenvalue weighted by atomic mass is 35.5. The monoisotopic (exact) mass is 387 g/mol. The quantitative estimate of drug-likeness (QED) is 0.815. The number of benzene rings is 1. The molecule has 27 heavy (non-hydrogen) atoms. The van der Waals surface area contributed by atoms with Gasteiger partial charge in [-0.05, 0) is 37.5 Å². The Morgan fingerprint density at radius 1 is 1.33 bits per heavy atom. The van der Waals surface area contributed by atoms with Gasteiger partial charge in [-0.25, -0.2) is 9.78 Å². The van der Waals surface area contributed by atoms with Gasteiger partial charge in [0.15, 0.2) is 5.82 Å². The molecule has 1 saturated heterocycles. The molecule has 0 spiro atoms. The van der Waals surface area contributed by atoms with Crippen molar-refractivity contribution in [2.24, 2.45) is 0 Å². The number of ether oxygens (including phenoxy) is 1. The highest BCUT2D eigenvalue weighted by Gasteiger charge is 2.24.